The van der Waals surface area contributed by atoms with Crippen LogP contribution in [0.2, 0.25) is 0 Å². The maximum absolute atomic E-state index is 4.86. The van der Waals surface area contributed by atoms with Crippen LogP contribution >= 0.6 is 0 Å². The van der Waals surface area contributed by atoms with E-state index in [4.69, 9.17) is 5.10 Å². The zero-order valence-electron chi connectivity index (χ0n) is 18.8. The van der Waals surface area contributed by atoms with Gasteiger partial charge in [0, 0.05) is 12.0 Å². The van der Waals surface area contributed by atoms with Crippen molar-refractivity contribution in [2.45, 2.75) is 31.6 Å². The minimum absolute atomic E-state index is 0.0377. The predicted molar refractivity (Wildman–Crippen MR) is 132 cm³/mol. The van der Waals surface area contributed by atoms with Crippen LogP contribution in [0.1, 0.15) is 35.2 Å². The molecule has 3 nitrogen and oxygen atoms in total. The lowest BCUT2D eigenvalue weighted by molar-refractivity contribution is 0.178. The van der Waals surface area contributed by atoms with Crippen molar-refractivity contribution in [1.82, 2.24) is 15.1 Å². The van der Waals surface area contributed by atoms with Gasteiger partial charge >= 0.3 is 0 Å². The summed E-state index contributed by atoms with van der Waals surface area (Å²) in [6, 6.07) is 32.7. The van der Waals surface area contributed by atoms with Gasteiger partial charge in [-0.25, -0.2) is 0 Å². The average molecular weight is 422 g/mol. The van der Waals surface area contributed by atoms with Gasteiger partial charge in [-0.05, 0) is 62.0 Å². The van der Waals surface area contributed by atoms with Crippen LogP contribution in [0.25, 0.3) is 11.3 Å². The van der Waals surface area contributed by atoms with Crippen LogP contribution in [0.5, 0.6) is 0 Å². The molecule has 0 saturated carbocycles. The van der Waals surface area contributed by atoms with Crippen molar-refractivity contribution >= 4 is 0 Å². The minimum atomic E-state index is -0.0377. The molecule has 1 aromatic heterocycles. The van der Waals surface area contributed by atoms with Crippen LogP contribution in [-0.4, -0.2) is 34.7 Å². The summed E-state index contributed by atoms with van der Waals surface area (Å²) in [6.07, 6.45) is 3.28. The SMILES string of the molecule is Cc1ccc(-c2cc(C3(c4ccccc4)CCN(CCc4ccccc4)CC3)n[nH]2)cc1. The van der Waals surface area contributed by atoms with E-state index in [1.165, 1.54) is 27.9 Å². The summed E-state index contributed by atoms with van der Waals surface area (Å²) >= 11 is 0. The molecule has 1 saturated heterocycles. The molecule has 0 atom stereocenters. The first kappa shape index (κ1) is 20.7. The van der Waals surface area contributed by atoms with Gasteiger partial charge in [0.15, 0.2) is 0 Å². The Bertz CT molecular complexity index is 1120. The molecule has 2 heterocycles. The largest absolute Gasteiger partial charge is 0.303 e. The Morgan fingerprint density at radius 1 is 0.844 bits per heavy atom. The van der Waals surface area contributed by atoms with Gasteiger partial charge < -0.3 is 4.90 Å². The van der Waals surface area contributed by atoms with Crippen molar-refractivity contribution in [3.05, 3.63) is 113 Å². The van der Waals surface area contributed by atoms with E-state index in [9.17, 15) is 0 Å². The molecule has 5 rings (SSSR count). The lowest BCUT2D eigenvalue weighted by Crippen LogP contribution is -2.44. The number of H-pyrrole nitrogens is 1. The van der Waals surface area contributed by atoms with Crippen LogP contribution in [0.15, 0.2) is 91.0 Å². The molecule has 0 amide bonds. The summed E-state index contributed by atoms with van der Waals surface area (Å²) in [7, 11) is 0. The van der Waals surface area contributed by atoms with Gasteiger partial charge in [0.2, 0.25) is 0 Å². The van der Waals surface area contributed by atoms with Gasteiger partial charge in [-0.15, -0.1) is 0 Å². The molecule has 0 radical (unpaired) electrons. The maximum Gasteiger partial charge on any atom is 0.0735 e. The fraction of sp³-hybridized carbons (Fsp3) is 0.276. The number of hydrogen-bond acceptors (Lipinski definition) is 2. The molecule has 1 fully saturated rings. The molecular weight excluding hydrogens is 390 g/mol. The molecule has 0 spiro atoms. The number of aromatic nitrogens is 2. The standard InChI is InChI=1S/C29H31N3/c1-23-12-14-25(15-13-23)27-22-28(31-30-27)29(26-10-6-3-7-11-26)17-20-32(21-18-29)19-16-24-8-4-2-5-9-24/h2-15,22H,16-21H2,1H3,(H,30,31). The first-order valence-electron chi connectivity index (χ1n) is 11.7. The number of nitrogens with one attached hydrogen (secondary N) is 1. The highest BCUT2D eigenvalue weighted by Crippen LogP contribution is 2.41. The molecule has 3 heteroatoms. The van der Waals surface area contributed by atoms with Crippen molar-refractivity contribution in [3.63, 3.8) is 0 Å². The molecular formula is C29H31N3. The highest BCUT2D eigenvalue weighted by molar-refractivity contribution is 5.60. The Balaban J connectivity index is 1.37. The summed E-state index contributed by atoms with van der Waals surface area (Å²) in [6.45, 7) is 5.42. The fourth-order valence-corrected chi connectivity index (χ4v) is 4.99. The maximum atomic E-state index is 4.86. The van der Waals surface area contributed by atoms with Crippen molar-refractivity contribution < 1.29 is 0 Å². The van der Waals surface area contributed by atoms with Gasteiger partial charge in [-0.3, -0.25) is 5.10 Å². The van der Waals surface area contributed by atoms with Crippen LogP contribution in [0, 0.1) is 6.92 Å². The number of benzene rings is 3. The van der Waals surface area contributed by atoms with Crippen LogP contribution in [0.3, 0.4) is 0 Å². The second-order valence-electron chi connectivity index (χ2n) is 9.06. The first-order chi connectivity index (χ1) is 15.7. The molecule has 0 bridgehead atoms. The van der Waals surface area contributed by atoms with Crippen LogP contribution in [-0.2, 0) is 11.8 Å². The second-order valence-corrected chi connectivity index (χ2v) is 9.06. The van der Waals surface area contributed by atoms with Crippen LogP contribution < -0.4 is 0 Å². The van der Waals surface area contributed by atoms with E-state index in [-0.39, 0.29) is 5.41 Å². The normalized spacial score (nSPS) is 16.2. The fourth-order valence-electron chi connectivity index (χ4n) is 4.99. The van der Waals surface area contributed by atoms with Gasteiger partial charge in [0.25, 0.3) is 0 Å². The number of nitrogens with zero attached hydrogens (tertiary/aromatic N) is 2. The van der Waals surface area contributed by atoms with Gasteiger partial charge in [0.05, 0.1) is 11.4 Å². The molecule has 32 heavy (non-hydrogen) atoms. The van der Waals surface area contributed by atoms with Crippen LogP contribution in [0.4, 0.5) is 0 Å². The summed E-state index contributed by atoms with van der Waals surface area (Å²) < 4.78 is 0. The number of piperidine rings is 1. The van der Waals surface area contributed by atoms with E-state index in [2.05, 4.69) is 108 Å². The topological polar surface area (TPSA) is 31.9 Å². The zero-order chi connectivity index (χ0) is 21.8. The zero-order valence-corrected chi connectivity index (χ0v) is 18.8. The minimum Gasteiger partial charge on any atom is -0.303 e. The summed E-state index contributed by atoms with van der Waals surface area (Å²) in [5.41, 5.74) is 7.50. The lowest BCUT2D eigenvalue weighted by Gasteiger charge is -2.41. The smallest absolute Gasteiger partial charge is 0.0735 e. The van der Waals surface area contributed by atoms with Crippen molar-refractivity contribution in [3.8, 4) is 11.3 Å². The molecule has 162 valence electrons. The molecule has 0 unspecified atom stereocenters. The number of aryl methyl sites for hydroxylation is 1. The average Bonchev–Trinajstić information content (AvgIpc) is 3.36. The number of aromatic amines is 1. The number of likely N-dealkylation sites (tertiary alicyclic amines) is 1. The monoisotopic (exact) mass is 421 g/mol. The molecule has 4 aromatic rings. The first-order valence-corrected chi connectivity index (χ1v) is 11.7. The summed E-state index contributed by atoms with van der Waals surface area (Å²) in [4.78, 5) is 2.61. The molecule has 1 aliphatic rings. The Morgan fingerprint density at radius 3 is 2.19 bits per heavy atom. The van der Waals surface area contributed by atoms with E-state index in [1.54, 1.807) is 0 Å². The van der Waals surface area contributed by atoms with E-state index < -0.39 is 0 Å². The highest BCUT2D eigenvalue weighted by Gasteiger charge is 2.39. The third-order valence-electron chi connectivity index (χ3n) is 7.03. The van der Waals surface area contributed by atoms with Crippen molar-refractivity contribution in [1.29, 1.82) is 0 Å². The van der Waals surface area contributed by atoms with E-state index in [0.717, 1.165) is 44.6 Å². The Labute approximate surface area is 191 Å². The summed E-state index contributed by atoms with van der Waals surface area (Å²) in [5.74, 6) is 0. The second kappa shape index (κ2) is 9.13. The summed E-state index contributed by atoms with van der Waals surface area (Å²) in [5, 5.41) is 8.19. The third-order valence-corrected chi connectivity index (χ3v) is 7.03. The Hall–Kier alpha value is -3.17. The Kier molecular flexibility index (Phi) is 5.91. The van der Waals surface area contributed by atoms with Crippen molar-refractivity contribution in [2.75, 3.05) is 19.6 Å². The van der Waals surface area contributed by atoms with Gasteiger partial charge in [0.1, 0.15) is 0 Å². The van der Waals surface area contributed by atoms with E-state index in [0.29, 0.717) is 0 Å². The molecule has 1 aliphatic heterocycles. The quantitative estimate of drug-likeness (QED) is 0.413. The Morgan fingerprint density at radius 2 is 1.50 bits per heavy atom. The predicted octanol–water partition coefficient (Wildman–Crippen LogP) is 6.01. The molecule has 1 N–H and O–H groups in total. The number of rotatable bonds is 6. The van der Waals surface area contributed by atoms with Gasteiger partial charge in [-0.2, -0.15) is 5.10 Å². The molecule has 0 aliphatic carbocycles. The highest BCUT2D eigenvalue weighted by atomic mass is 15.2. The van der Waals surface area contributed by atoms with Gasteiger partial charge in [-0.1, -0.05) is 90.5 Å². The lowest BCUT2D eigenvalue weighted by atomic mass is 9.70. The third kappa shape index (κ3) is 4.26. The molecule has 3 aromatic carbocycles. The number of hydrogen-bond donors (Lipinski definition) is 1. The van der Waals surface area contributed by atoms with Crippen molar-refractivity contribution in [2.24, 2.45) is 0 Å². The van der Waals surface area contributed by atoms with E-state index >= 15 is 0 Å². The van der Waals surface area contributed by atoms with E-state index in [1.807, 2.05) is 0 Å².